The molecule has 0 radical (unpaired) electrons. The molecule has 0 nitrogen and oxygen atoms in total. The van der Waals surface area contributed by atoms with Gasteiger partial charge in [-0.25, -0.2) is 0 Å². The molecular weight excluding hydrogens is 200 g/mol. The molecular formula is C14H16S. The normalized spacial score (nSPS) is 42.2. The molecule has 78 valence electrons. The van der Waals surface area contributed by atoms with Gasteiger partial charge in [0.15, 0.2) is 0 Å². The third kappa shape index (κ3) is 1.18. The van der Waals surface area contributed by atoms with Crippen molar-refractivity contribution in [3.05, 3.63) is 29.8 Å². The highest BCUT2D eigenvalue weighted by molar-refractivity contribution is 8.00. The van der Waals surface area contributed by atoms with Crippen LogP contribution < -0.4 is 0 Å². The summed E-state index contributed by atoms with van der Waals surface area (Å²) >= 11 is 2.07. The monoisotopic (exact) mass is 216 g/mol. The molecule has 1 aliphatic heterocycles. The first-order valence-corrected chi connectivity index (χ1v) is 6.67. The van der Waals surface area contributed by atoms with Crippen LogP contribution in [0.1, 0.15) is 32.3 Å². The van der Waals surface area contributed by atoms with E-state index in [-0.39, 0.29) is 0 Å². The highest BCUT2D eigenvalue weighted by Gasteiger charge is 2.49. The summed E-state index contributed by atoms with van der Waals surface area (Å²) in [6, 6.07) is 10.7. The Bertz CT molecular complexity index is 385. The van der Waals surface area contributed by atoms with Gasteiger partial charge in [-0.2, -0.15) is 0 Å². The van der Waals surface area contributed by atoms with Crippen molar-refractivity contribution in [3.63, 3.8) is 0 Å². The fraction of sp³-hybridized carbons (Fsp3) is 0.571. The van der Waals surface area contributed by atoms with Crippen molar-refractivity contribution in [2.45, 2.75) is 36.8 Å². The molecule has 5 unspecified atom stereocenters. The van der Waals surface area contributed by atoms with E-state index in [9.17, 15) is 0 Å². The summed E-state index contributed by atoms with van der Waals surface area (Å²) in [5.74, 6) is 3.20. The van der Waals surface area contributed by atoms with Gasteiger partial charge < -0.3 is 0 Å². The van der Waals surface area contributed by atoms with E-state index >= 15 is 0 Å². The maximum atomic E-state index is 3.35. The average molecular weight is 216 g/mol. The molecule has 0 saturated heterocycles. The Labute approximate surface area is 96.5 Å². The summed E-state index contributed by atoms with van der Waals surface area (Å²) in [5, 5.41) is 0.789. The fourth-order valence-electron chi connectivity index (χ4n) is 3.22. The number of fused-ring (bicyclic) bond motifs is 3. The van der Waals surface area contributed by atoms with Gasteiger partial charge in [0.05, 0.1) is 0 Å². The largest absolute Gasteiger partial charge is 0.121 e. The van der Waals surface area contributed by atoms with E-state index in [1.54, 1.807) is 0 Å². The molecule has 1 aliphatic carbocycles. The molecule has 1 saturated carbocycles. The molecule has 1 heteroatoms. The van der Waals surface area contributed by atoms with Crippen LogP contribution in [0.4, 0.5) is 0 Å². The summed E-state index contributed by atoms with van der Waals surface area (Å²) in [7, 11) is 0. The fourth-order valence-corrected chi connectivity index (χ4v) is 4.97. The summed E-state index contributed by atoms with van der Waals surface area (Å²) in [6.07, 6.45) is 0. The van der Waals surface area contributed by atoms with Gasteiger partial charge in [-0.1, -0.05) is 32.9 Å². The molecule has 5 atom stereocenters. The van der Waals surface area contributed by atoms with Crippen LogP contribution >= 0.6 is 11.8 Å². The lowest BCUT2D eigenvalue weighted by Crippen LogP contribution is -2.11. The molecule has 1 fully saturated rings. The van der Waals surface area contributed by atoms with E-state index in [2.05, 4.69) is 50.7 Å². The highest BCUT2D eigenvalue weighted by Crippen LogP contribution is 2.59. The van der Waals surface area contributed by atoms with Crippen LogP contribution in [0.25, 0.3) is 0 Å². The topological polar surface area (TPSA) is 0 Å². The number of hydrogen-bond donors (Lipinski definition) is 0. The molecule has 1 aromatic carbocycles. The van der Waals surface area contributed by atoms with Gasteiger partial charge in [0.2, 0.25) is 0 Å². The molecule has 2 aliphatic rings. The van der Waals surface area contributed by atoms with Gasteiger partial charge in [-0.05, 0) is 29.9 Å². The van der Waals surface area contributed by atoms with Gasteiger partial charge in [-0.3, -0.25) is 0 Å². The van der Waals surface area contributed by atoms with Gasteiger partial charge >= 0.3 is 0 Å². The zero-order valence-electron chi connectivity index (χ0n) is 9.45. The quantitative estimate of drug-likeness (QED) is 0.636. The Hall–Kier alpha value is -0.610. The predicted octanol–water partition coefficient (Wildman–Crippen LogP) is 3.77. The summed E-state index contributed by atoms with van der Waals surface area (Å²) < 4.78 is 0. The maximum Gasteiger partial charge on any atom is 0.0205 e. The van der Waals surface area contributed by atoms with Crippen LogP contribution in [-0.2, 0) is 0 Å². The van der Waals surface area contributed by atoms with Crippen LogP contribution in [-0.4, -0.2) is 5.25 Å². The summed E-state index contributed by atoms with van der Waals surface area (Å²) in [5.41, 5.74) is 1.44. The number of rotatable bonds is 0. The molecule has 0 N–H and O–H groups in total. The van der Waals surface area contributed by atoms with Crippen molar-refractivity contribution in [1.29, 1.82) is 0 Å². The first-order valence-electron chi connectivity index (χ1n) is 5.79. The van der Waals surface area contributed by atoms with Gasteiger partial charge in [0.1, 0.15) is 0 Å². The first kappa shape index (κ1) is 9.60. The lowest BCUT2D eigenvalue weighted by atomic mass is 9.87. The number of thioether (sulfide) groups is 1. The minimum absolute atomic E-state index is 0.729. The Morgan fingerprint density at radius 1 is 1.13 bits per heavy atom. The Balaban J connectivity index is 2.06. The van der Waals surface area contributed by atoms with E-state index in [0.717, 1.165) is 28.9 Å². The molecule has 1 heterocycles. The van der Waals surface area contributed by atoms with Crippen molar-refractivity contribution in [1.82, 2.24) is 0 Å². The lowest BCUT2D eigenvalue weighted by molar-refractivity contribution is 0.369. The van der Waals surface area contributed by atoms with Gasteiger partial charge in [-0.15, -0.1) is 11.8 Å². The molecule has 15 heavy (non-hydrogen) atoms. The van der Waals surface area contributed by atoms with Crippen molar-refractivity contribution >= 4 is 11.8 Å². The smallest absolute Gasteiger partial charge is 0.0205 e. The van der Waals surface area contributed by atoms with Gasteiger partial charge in [0, 0.05) is 21.6 Å². The van der Waals surface area contributed by atoms with Crippen LogP contribution in [0, 0.1) is 29.9 Å². The van der Waals surface area contributed by atoms with Crippen molar-refractivity contribution in [2.75, 3.05) is 0 Å². The third-order valence-corrected chi connectivity index (χ3v) is 6.09. The predicted molar refractivity (Wildman–Crippen MR) is 64.0 cm³/mol. The standard InChI is InChI=1S/C14H16S/c1-8-9(2)13-11-6-4-5-7-12(11)15-14(13)10(8)3/h5,7-10,13-14H,1-3H3. The van der Waals surface area contributed by atoms with Crippen molar-refractivity contribution in [2.24, 2.45) is 17.8 Å². The highest BCUT2D eigenvalue weighted by atomic mass is 32.2. The second-order valence-corrected chi connectivity index (χ2v) is 6.29. The first-order chi connectivity index (χ1) is 7.20. The van der Waals surface area contributed by atoms with Crippen LogP contribution in [0.15, 0.2) is 17.0 Å². The van der Waals surface area contributed by atoms with E-state index in [4.69, 9.17) is 0 Å². The molecule has 0 spiro atoms. The SMILES string of the molecule is CC1C(C)C2Sc3ccc#cc3C2C1C. The van der Waals surface area contributed by atoms with Crippen molar-refractivity contribution < 1.29 is 0 Å². The summed E-state index contributed by atoms with van der Waals surface area (Å²) in [4.78, 5) is 1.45. The Kier molecular flexibility index (Phi) is 2.04. The second-order valence-electron chi connectivity index (χ2n) is 5.07. The van der Waals surface area contributed by atoms with E-state index in [1.165, 1.54) is 10.5 Å². The lowest BCUT2D eigenvalue weighted by Gasteiger charge is -2.17. The molecule has 0 bridgehead atoms. The zero-order chi connectivity index (χ0) is 10.6. The molecule has 3 rings (SSSR count). The molecule has 1 aromatic rings. The van der Waals surface area contributed by atoms with Gasteiger partial charge in [0.25, 0.3) is 0 Å². The van der Waals surface area contributed by atoms with E-state index in [1.807, 2.05) is 6.07 Å². The molecule has 0 aromatic heterocycles. The third-order valence-electron chi connectivity index (χ3n) is 4.48. The Morgan fingerprint density at radius 2 is 1.93 bits per heavy atom. The van der Waals surface area contributed by atoms with Crippen LogP contribution in [0.2, 0.25) is 0 Å². The maximum absolute atomic E-state index is 3.35. The average Bonchev–Trinajstić information content (AvgIpc) is 2.72. The second kappa shape index (κ2) is 3.19. The van der Waals surface area contributed by atoms with E-state index < -0.39 is 0 Å². The minimum atomic E-state index is 0.729. The number of hydrogen-bond acceptors (Lipinski definition) is 1. The van der Waals surface area contributed by atoms with Crippen molar-refractivity contribution in [3.8, 4) is 0 Å². The van der Waals surface area contributed by atoms with Crippen LogP contribution in [0.3, 0.4) is 0 Å². The zero-order valence-corrected chi connectivity index (χ0v) is 10.3. The van der Waals surface area contributed by atoms with E-state index in [0.29, 0.717) is 0 Å². The van der Waals surface area contributed by atoms with Crippen LogP contribution in [0.5, 0.6) is 0 Å². The summed E-state index contributed by atoms with van der Waals surface area (Å²) in [6.45, 7) is 7.22. The minimum Gasteiger partial charge on any atom is -0.121 e. The molecule has 0 amide bonds. The Morgan fingerprint density at radius 3 is 2.73 bits per heavy atom.